The summed E-state index contributed by atoms with van der Waals surface area (Å²) in [6.45, 7) is 9.06. The summed E-state index contributed by atoms with van der Waals surface area (Å²) in [6.07, 6.45) is 1.17. The number of rotatable bonds is 10. The van der Waals surface area contributed by atoms with Gasteiger partial charge in [-0.3, -0.25) is 0 Å². The maximum atomic E-state index is 5.64. The first-order valence-electron chi connectivity index (χ1n) is 8.14. The lowest BCUT2D eigenvalue weighted by Crippen LogP contribution is -2.38. The fraction of sp³-hybridized carbons (Fsp3) is 0.667. The molecule has 1 aromatic carbocycles. The van der Waals surface area contributed by atoms with E-state index >= 15 is 0 Å². The van der Waals surface area contributed by atoms with Gasteiger partial charge < -0.3 is 19.7 Å². The maximum Gasteiger partial charge on any atom is 0.161 e. The summed E-state index contributed by atoms with van der Waals surface area (Å²) in [4.78, 5) is 2.24. The summed E-state index contributed by atoms with van der Waals surface area (Å²) in [6, 6.07) is 6.63. The number of nitrogens with zero attached hydrogens (tertiary/aromatic N) is 1. The third-order valence-corrected chi connectivity index (χ3v) is 3.46. The molecular formula is C18H32N2O2. The molecular weight excluding hydrogens is 276 g/mol. The SMILES string of the molecule is CCOc1cc(CNC(CC(C)C)CN(C)C)ccc1OC. The highest BCUT2D eigenvalue weighted by Gasteiger charge is 2.12. The molecule has 0 heterocycles. The van der Waals surface area contributed by atoms with Crippen LogP contribution in [0.3, 0.4) is 0 Å². The fourth-order valence-corrected chi connectivity index (χ4v) is 2.59. The van der Waals surface area contributed by atoms with Gasteiger partial charge in [-0.15, -0.1) is 0 Å². The standard InChI is InChI=1S/C18H32N2O2/c1-7-22-18-11-15(8-9-17(18)21-6)12-19-16(10-14(2)3)13-20(4)5/h8-9,11,14,16,19H,7,10,12-13H2,1-6H3. The minimum Gasteiger partial charge on any atom is -0.493 e. The second-order valence-corrected chi connectivity index (χ2v) is 6.39. The lowest BCUT2D eigenvalue weighted by molar-refractivity contribution is 0.302. The molecule has 1 unspecified atom stereocenters. The Morgan fingerprint density at radius 1 is 1.18 bits per heavy atom. The van der Waals surface area contributed by atoms with E-state index in [1.54, 1.807) is 7.11 Å². The van der Waals surface area contributed by atoms with Crippen molar-refractivity contribution in [3.05, 3.63) is 23.8 Å². The largest absolute Gasteiger partial charge is 0.493 e. The average molecular weight is 308 g/mol. The molecule has 126 valence electrons. The van der Waals surface area contributed by atoms with Crippen LogP contribution in [-0.2, 0) is 6.54 Å². The zero-order valence-electron chi connectivity index (χ0n) is 15.0. The van der Waals surface area contributed by atoms with Crippen molar-refractivity contribution >= 4 is 0 Å². The van der Waals surface area contributed by atoms with E-state index in [0.29, 0.717) is 18.6 Å². The van der Waals surface area contributed by atoms with Gasteiger partial charge in [-0.1, -0.05) is 19.9 Å². The van der Waals surface area contributed by atoms with Gasteiger partial charge in [0.2, 0.25) is 0 Å². The lowest BCUT2D eigenvalue weighted by atomic mass is 10.0. The van der Waals surface area contributed by atoms with Crippen molar-refractivity contribution in [2.75, 3.05) is 34.4 Å². The van der Waals surface area contributed by atoms with Crippen molar-refractivity contribution in [3.63, 3.8) is 0 Å². The van der Waals surface area contributed by atoms with Gasteiger partial charge in [0.1, 0.15) is 0 Å². The second-order valence-electron chi connectivity index (χ2n) is 6.39. The van der Waals surface area contributed by atoms with Crippen LogP contribution in [0.25, 0.3) is 0 Å². The average Bonchev–Trinajstić information content (AvgIpc) is 2.44. The summed E-state index contributed by atoms with van der Waals surface area (Å²) in [5.41, 5.74) is 1.22. The third kappa shape index (κ3) is 6.67. The topological polar surface area (TPSA) is 33.7 Å². The molecule has 0 aromatic heterocycles. The molecule has 4 nitrogen and oxygen atoms in total. The lowest BCUT2D eigenvalue weighted by Gasteiger charge is -2.24. The Kier molecular flexibility index (Phi) is 8.28. The van der Waals surface area contributed by atoms with Crippen molar-refractivity contribution < 1.29 is 9.47 Å². The van der Waals surface area contributed by atoms with Crippen molar-refractivity contribution in [2.24, 2.45) is 5.92 Å². The molecule has 0 saturated heterocycles. The molecule has 1 aromatic rings. The normalized spacial score (nSPS) is 12.7. The minimum atomic E-state index is 0.493. The first-order valence-corrected chi connectivity index (χ1v) is 8.14. The summed E-state index contributed by atoms with van der Waals surface area (Å²) in [7, 11) is 5.91. The molecule has 0 radical (unpaired) electrons. The number of benzene rings is 1. The van der Waals surface area contributed by atoms with Gasteiger partial charge in [0.25, 0.3) is 0 Å². The Hall–Kier alpha value is -1.26. The Morgan fingerprint density at radius 2 is 1.91 bits per heavy atom. The van der Waals surface area contributed by atoms with Gasteiger partial charge in [0.05, 0.1) is 13.7 Å². The van der Waals surface area contributed by atoms with Crippen molar-refractivity contribution in [1.29, 1.82) is 0 Å². The van der Waals surface area contributed by atoms with Crippen LogP contribution in [0.4, 0.5) is 0 Å². The monoisotopic (exact) mass is 308 g/mol. The molecule has 0 spiro atoms. The molecule has 0 fully saturated rings. The molecule has 0 amide bonds. The molecule has 22 heavy (non-hydrogen) atoms. The van der Waals surface area contributed by atoms with Gasteiger partial charge >= 0.3 is 0 Å². The Morgan fingerprint density at radius 3 is 2.45 bits per heavy atom. The number of methoxy groups -OCH3 is 1. The van der Waals surface area contributed by atoms with Crippen LogP contribution in [0.2, 0.25) is 0 Å². The molecule has 0 aliphatic carbocycles. The van der Waals surface area contributed by atoms with E-state index < -0.39 is 0 Å². The minimum absolute atomic E-state index is 0.493. The molecule has 1 atom stereocenters. The quantitative estimate of drug-likeness (QED) is 0.720. The van der Waals surface area contributed by atoms with Crippen LogP contribution in [0.5, 0.6) is 11.5 Å². The van der Waals surface area contributed by atoms with Crippen LogP contribution in [-0.4, -0.2) is 45.3 Å². The van der Waals surface area contributed by atoms with Crippen LogP contribution in [0.15, 0.2) is 18.2 Å². The van der Waals surface area contributed by atoms with Gasteiger partial charge in [-0.05, 0) is 51.1 Å². The highest BCUT2D eigenvalue weighted by atomic mass is 16.5. The molecule has 0 aliphatic heterocycles. The third-order valence-electron chi connectivity index (χ3n) is 3.46. The number of ether oxygens (including phenoxy) is 2. The number of likely N-dealkylation sites (N-methyl/N-ethyl adjacent to an activating group) is 1. The highest BCUT2D eigenvalue weighted by Crippen LogP contribution is 2.28. The number of nitrogens with one attached hydrogen (secondary N) is 1. The summed E-state index contributed by atoms with van der Waals surface area (Å²) in [5.74, 6) is 2.29. The van der Waals surface area contributed by atoms with Gasteiger partial charge in [0, 0.05) is 19.1 Å². The van der Waals surface area contributed by atoms with Gasteiger partial charge in [0.15, 0.2) is 11.5 Å². The van der Waals surface area contributed by atoms with E-state index in [1.165, 1.54) is 12.0 Å². The van der Waals surface area contributed by atoms with Crippen molar-refractivity contribution in [1.82, 2.24) is 10.2 Å². The first-order chi connectivity index (χ1) is 10.5. The maximum absolute atomic E-state index is 5.64. The molecule has 0 bridgehead atoms. The van der Waals surface area contributed by atoms with E-state index in [-0.39, 0.29) is 0 Å². The number of hydrogen-bond donors (Lipinski definition) is 1. The predicted molar refractivity (Wildman–Crippen MR) is 92.8 cm³/mol. The Bertz CT molecular complexity index is 423. The summed E-state index contributed by atoms with van der Waals surface area (Å²) >= 11 is 0. The zero-order valence-corrected chi connectivity index (χ0v) is 15.0. The molecule has 1 N–H and O–H groups in total. The molecule has 4 heteroatoms. The molecule has 0 aliphatic rings. The second kappa shape index (κ2) is 9.70. The van der Waals surface area contributed by atoms with Crippen LogP contribution in [0.1, 0.15) is 32.8 Å². The van der Waals surface area contributed by atoms with E-state index in [9.17, 15) is 0 Å². The Labute approximate surface area is 135 Å². The smallest absolute Gasteiger partial charge is 0.161 e. The van der Waals surface area contributed by atoms with Crippen LogP contribution >= 0.6 is 0 Å². The number of hydrogen-bond acceptors (Lipinski definition) is 4. The van der Waals surface area contributed by atoms with Crippen molar-refractivity contribution in [2.45, 2.75) is 39.8 Å². The summed E-state index contributed by atoms with van der Waals surface area (Å²) in [5, 5.41) is 3.67. The first kappa shape index (κ1) is 18.8. The van der Waals surface area contributed by atoms with E-state index in [4.69, 9.17) is 9.47 Å². The predicted octanol–water partition coefficient (Wildman–Crippen LogP) is 3.16. The van der Waals surface area contributed by atoms with Gasteiger partial charge in [-0.25, -0.2) is 0 Å². The molecule has 1 rings (SSSR count). The van der Waals surface area contributed by atoms with E-state index in [2.05, 4.69) is 50.3 Å². The highest BCUT2D eigenvalue weighted by molar-refractivity contribution is 5.42. The fourth-order valence-electron chi connectivity index (χ4n) is 2.59. The van der Waals surface area contributed by atoms with Gasteiger partial charge in [-0.2, -0.15) is 0 Å². The van der Waals surface area contributed by atoms with Crippen LogP contribution in [0, 0.1) is 5.92 Å². The van der Waals surface area contributed by atoms with E-state index in [1.807, 2.05) is 13.0 Å². The van der Waals surface area contributed by atoms with E-state index in [0.717, 1.165) is 24.6 Å². The summed E-state index contributed by atoms with van der Waals surface area (Å²) < 4.78 is 11.0. The zero-order chi connectivity index (χ0) is 16.5. The molecule has 0 saturated carbocycles. The van der Waals surface area contributed by atoms with Crippen molar-refractivity contribution in [3.8, 4) is 11.5 Å². The Balaban J connectivity index is 2.69. The van der Waals surface area contributed by atoms with Crippen LogP contribution < -0.4 is 14.8 Å².